The van der Waals surface area contributed by atoms with Crippen molar-refractivity contribution in [2.75, 3.05) is 20.8 Å². The van der Waals surface area contributed by atoms with Gasteiger partial charge in [-0.2, -0.15) is 0 Å². The Bertz CT molecular complexity index is 723. The van der Waals surface area contributed by atoms with E-state index < -0.39 is 17.8 Å². The molecule has 0 spiro atoms. The van der Waals surface area contributed by atoms with Gasteiger partial charge in [0.25, 0.3) is 5.56 Å². The predicted octanol–water partition coefficient (Wildman–Crippen LogP) is 1.22. The van der Waals surface area contributed by atoms with Crippen LogP contribution in [0.25, 0.3) is 11.4 Å². The number of carbonyl (C=O) groups is 1. The fourth-order valence-electron chi connectivity index (χ4n) is 1.99. The van der Waals surface area contributed by atoms with Gasteiger partial charge in [0.15, 0.2) is 6.29 Å². The fourth-order valence-corrected chi connectivity index (χ4v) is 1.99. The standard InChI is InChI=1S/C16H18N2O5/c1-18-14(11-7-5-4-6-8-11)17-9-12(15(18)19)16(20)23-10-13(21-2)22-3/h4-9,13H,10H2,1-3H3. The molecule has 23 heavy (non-hydrogen) atoms. The molecule has 0 saturated heterocycles. The Labute approximate surface area is 133 Å². The van der Waals surface area contributed by atoms with Gasteiger partial charge >= 0.3 is 5.97 Å². The number of hydrogen-bond acceptors (Lipinski definition) is 6. The highest BCUT2D eigenvalue weighted by Gasteiger charge is 2.18. The molecule has 7 nitrogen and oxygen atoms in total. The molecule has 0 saturated carbocycles. The van der Waals surface area contributed by atoms with E-state index in [-0.39, 0.29) is 12.2 Å². The maximum atomic E-state index is 12.3. The first-order valence-electron chi connectivity index (χ1n) is 6.92. The van der Waals surface area contributed by atoms with E-state index in [1.165, 1.54) is 25.0 Å². The van der Waals surface area contributed by atoms with Crippen LogP contribution in [0.1, 0.15) is 10.4 Å². The second-order valence-corrected chi connectivity index (χ2v) is 4.73. The molecule has 0 aliphatic heterocycles. The number of nitrogens with zero attached hydrogens (tertiary/aromatic N) is 2. The Morgan fingerprint density at radius 1 is 1.22 bits per heavy atom. The Morgan fingerprint density at radius 3 is 2.48 bits per heavy atom. The van der Waals surface area contributed by atoms with Gasteiger partial charge in [0, 0.05) is 33.0 Å². The summed E-state index contributed by atoms with van der Waals surface area (Å²) in [7, 11) is 4.41. The molecule has 2 rings (SSSR count). The molecule has 0 fully saturated rings. The molecule has 0 unspecified atom stereocenters. The average Bonchev–Trinajstić information content (AvgIpc) is 2.58. The van der Waals surface area contributed by atoms with Crippen LogP contribution >= 0.6 is 0 Å². The van der Waals surface area contributed by atoms with Crippen molar-refractivity contribution in [2.45, 2.75) is 6.29 Å². The summed E-state index contributed by atoms with van der Waals surface area (Å²) in [6.07, 6.45) is 0.543. The molecule has 1 aromatic heterocycles. The maximum Gasteiger partial charge on any atom is 0.345 e. The van der Waals surface area contributed by atoms with Gasteiger partial charge < -0.3 is 14.2 Å². The van der Waals surface area contributed by atoms with Crippen molar-refractivity contribution < 1.29 is 19.0 Å². The van der Waals surface area contributed by atoms with E-state index in [1.807, 2.05) is 30.3 Å². The van der Waals surface area contributed by atoms with Crippen molar-refractivity contribution in [3.8, 4) is 11.4 Å². The summed E-state index contributed by atoms with van der Waals surface area (Å²) in [4.78, 5) is 28.6. The first-order chi connectivity index (χ1) is 11.1. The molecule has 0 radical (unpaired) electrons. The minimum Gasteiger partial charge on any atom is -0.456 e. The van der Waals surface area contributed by atoms with E-state index >= 15 is 0 Å². The zero-order valence-corrected chi connectivity index (χ0v) is 13.2. The van der Waals surface area contributed by atoms with Crippen LogP contribution in [0.5, 0.6) is 0 Å². The summed E-state index contributed by atoms with van der Waals surface area (Å²) in [5.74, 6) is -0.296. The fraction of sp³-hybridized carbons (Fsp3) is 0.312. The summed E-state index contributed by atoms with van der Waals surface area (Å²) in [5, 5.41) is 0. The van der Waals surface area contributed by atoms with Gasteiger partial charge in [0.1, 0.15) is 18.0 Å². The van der Waals surface area contributed by atoms with Crippen LogP contribution in [-0.2, 0) is 21.3 Å². The summed E-state index contributed by atoms with van der Waals surface area (Å²) < 4.78 is 16.2. The van der Waals surface area contributed by atoms with Crippen molar-refractivity contribution in [2.24, 2.45) is 7.05 Å². The Kier molecular flexibility index (Phi) is 5.61. The average molecular weight is 318 g/mol. The molecular weight excluding hydrogens is 300 g/mol. The highest BCUT2D eigenvalue weighted by molar-refractivity contribution is 5.88. The molecule has 0 aliphatic rings. The van der Waals surface area contributed by atoms with E-state index in [4.69, 9.17) is 14.2 Å². The van der Waals surface area contributed by atoms with Crippen molar-refractivity contribution in [1.29, 1.82) is 0 Å². The summed E-state index contributed by atoms with van der Waals surface area (Å²) in [6.45, 7) is -0.116. The lowest BCUT2D eigenvalue weighted by Crippen LogP contribution is -2.29. The molecule has 0 bridgehead atoms. The monoisotopic (exact) mass is 318 g/mol. The van der Waals surface area contributed by atoms with E-state index in [9.17, 15) is 9.59 Å². The minimum absolute atomic E-state index is 0.116. The van der Waals surface area contributed by atoms with Crippen molar-refractivity contribution >= 4 is 5.97 Å². The normalized spacial score (nSPS) is 10.8. The molecule has 2 aromatic rings. The number of hydrogen-bond donors (Lipinski definition) is 0. The van der Waals surface area contributed by atoms with Crippen LogP contribution in [0.3, 0.4) is 0 Å². The van der Waals surface area contributed by atoms with Crippen molar-refractivity contribution in [3.63, 3.8) is 0 Å². The first kappa shape index (κ1) is 16.9. The van der Waals surface area contributed by atoms with Gasteiger partial charge in [0.05, 0.1) is 0 Å². The third-order valence-corrected chi connectivity index (χ3v) is 3.30. The van der Waals surface area contributed by atoms with E-state index in [0.717, 1.165) is 5.56 Å². The predicted molar refractivity (Wildman–Crippen MR) is 83.0 cm³/mol. The second kappa shape index (κ2) is 7.66. The van der Waals surface area contributed by atoms with Crippen molar-refractivity contribution in [1.82, 2.24) is 9.55 Å². The third kappa shape index (κ3) is 3.82. The first-order valence-corrected chi connectivity index (χ1v) is 6.92. The number of carbonyl (C=O) groups excluding carboxylic acids is 1. The second-order valence-electron chi connectivity index (χ2n) is 4.73. The van der Waals surface area contributed by atoms with Gasteiger partial charge in [-0.1, -0.05) is 30.3 Å². The van der Waals surface area contributed by atoms with Crippen LogP contribution in [0.2, 0.25) is 0 Å². The summed E-state index contributed by atoms with van der Waals surface area (Å²) in [5.41, 5.74) is 0.166. The maximum absolute atomic E-state index is 12.3. The van der Waals surface area contributed by atoms with Gasteiger partial charge in [-0.05, 0) is 0 Å². The Morgan fingerprint density at radius 2 is 1.87 bits per heavy atom. The van der Waals surface area contributed by atoms with Crippen LogP contribution in [0, 0.1) is 0 Å². The highest BCUT2D eigenvalue weighted by Crippen LogP contribution is 2.14. The zero-order chi connectivity index (χ0) is 16.8. The molecular formula is C16H18N2O5. The number of benzene rings is 1. The van der Waals surface area contributed by atoms with E-state index in [0.29, 0.717) is 5.82 Å². The highest BCUT2D eigenvalue weighted by atomic mass is 16.7. The van der Waals surface area contributed by atoms with E-state index in [2.05, 4.69) is 4.98 Å². The topological polar surface area (TPSA) is 79.7 Å². The molecule has 0 N–H and O–H groups in total. The molecule has 1 aromatic carbocycles. The summed E-state index contributed by atoms with van der Waals surface area (Å²) in [6, 6.07) is 9.23. The lowest BCUT2D eigenvalue weighted by molar-refractivity contribution is -0.129. The smallest absolute Gasteiger partial charge is 0.345 e. The van der Waals surface area contributed by atoms with Crippen LogP contribution in [0.4, 0.5) is 0 Å². The molecule has 122 valence electrons. The van der Waals surface area contributed by atoms with Crippen molar-refractivity contribution in [3.05, 3.63) is 52.4 Å². The molecule has 1 heterocycles. The number of methoxy groups -OCH3 is 2. The largest absolute Gasteiger partial charge is 0.456 e. The van der Waals surface area contributed by atoms with Crippen LogP contribution in [0.15, 0.2) is 41.3 Å². The third-order valence-electron chi connectivity index (χ3n) is 3.30. The van der Waals surface area contributed by atoms with Crippen LogP contribution in [-0.4, -0.2) is 42.6 Å². The van der Waals surface area contributed by atoms with Gasteiger partial charge in [-0.15, -0.1) is 0 Å². The van der Waals surface area contributed by atoms with Gasteiger partial charge in [-0.25, -0.2) is 9.78 Å². The van der Waals surface area contributed by atoms with E-state index in [1.54, 1.807) is 7.05 Å². The Hall–Kier alpha value is -2.51. The Balaban J connectivity index is 2.24. The lowest BCUT2D eigenvalue weighted by atomic mass is 10.2. The number of rotatable bonds is 6. The lowest BCUT2D eigenvalue weighted by Gasteiger charge is -2.13. The quantitative estimate of drug-likeness (QED) is 0.588. The SMILES string of the molecule is COC(COC(=O)c1cnc(-c2ccccc2)n(C)c1=O)OC. The molecule has 0 atom stereocenters. The van der Waals surface area contributed by atoms with Crippen LogP contribution < -0.4 is 5.56 Å². The number of esters is 1. The molecule has 7 heteroatoms. The summed E-state index contributed by atoms with van der Waals surface area (Å²) >= 11 is 0. The minimum atomic E-state index is -0.767. The molecule has 0 aliphatic carbocycles. The number of aromatic nitrogens is 2. The van der Waals surface area contributed by atoms with Gasteiger partial charge in [-0.3, -0.25) is 9.36 Å². The van der Waals surface area contributed by atoms with Gasteiger partial charge in [0.2, 0.25) is 0 Å². The molecule has 0 amide bonds. The number of ether oxygens (including phenoxy) is 3. The zero-order valence-electron chi connectivity index (χ0n) is 13.2.